The Morgan fingerprint density at radius 2 is 0.518 bits per heavy atom. The van der Waals surface area contributed by atoms with Crippen LogP contribution in [-0.4, -0.2) is 72.7 Å². The Kier molecular flexibility index (Phi) is 10.8. The van der Waals surface area contributed by atoms with Crippen molar-refractivity contribution >= 4 is 23.9 Å². The fourth-order valence-electron chi connectivity index (χ4n) is 6.63. The Bertz CT molecular complexity index is 2140. The molecule has 0 saturated carbocycles. The highest BCUT2D eigenvalue weighted by atomic mass is 16.5. The van der Waals surface area contributed by atoms with Gasteiger partial charge in [-0.15, -0.1) is 0 Å². The first-order chi connectivity index (χ1) is 26.9. The number of hydrogen-bond acceptors (Lipinski definition) is 8. The van der Waals surface area contributed by atoms with E-state index in [1.165, 1.54) is 77.0 Å². The molecule has 0 bridgehead atoms. The van der Waals surface area contributed by atoms with Gasteiger partial charge in [0.25, 0.3) is 0 Å². The van der Waals surface area contributed by atoms with Crippen molar-refractivity contribution in [3.8, 4) is 78.6 Å². The third kappa shape index (κ3) is 7.06. The summed E-state index contributed by atoms with van der Waals surface area (Å²) in [5.41, 5.74) is 5.24. The number of ether oxygens (including phenoxy) is 4. The second-order valence-corrected chi connectivity index (χ2v) is 12.4. The van der Waals surface area contributed by atoms with Gasteiger partial charge in [0.2, 0.25) is 0 Å². The summed E-state index contributed by atoms with van der Waals surface area (Å²) in [5.74, 6) is -3.32. The number of methoxy groups -OCH3 is 4. The zero-order valence-corrected chi connectivity index (χ0v) is 30.4. The molecular formula is C44H34O12. The molecule has 6 rings (SSSR count). The lowest BCUT2D eigenvalue weighted by atomic mass is 9.85. The molecule has 0 radical (unpaired) electrons. The predicted octanol–water partition coefficient (Wildman–Crippen LogP) is 8.85. The quantitative estimate of drug-likeness (QED) is 0.0879. The van der Waals surface area contributed by atoms with Crippen molar-refractivity contribution in [2.75, 3.05) is 28.4 Å². The highest BCUT2D eigenvalue weighted by Gasteiger charge is 2.32. The fourth-order valence-corrected chi connectivity index (χ4v) is 6.63. The van der Waals surface area contributed by atoms with Crippen LogP contribution in [0.25, 0.3) is 55.6 Å². The minimum atomic E-state index is -1.11. The van der Waals surface area contributed by atoms with E-state index < -0.39 is 23.9 Å². The van der Waals surface area contributed by atoms with Crippen LogP contribution in [-0.2, 0) is 0 Å². The van der Waals surface area contributed by atoms with E-state index in [2.05, 4.69) is 0 Å². The van der Waals surface area contributed by atoms with Gasteiger partial charge in [0.1, 0.15) is 23.0 Å². The summed E-state index contributed by atoms with van der Waals surface area (Å²) in [6.07, 6.45) is 0. The summed E-state index contributed by atoms with van der Waals surface area (Å²) in [5, 5.41) is 38.5. The topological polar surface area (TPSA) is 186 Å². The molecule has 282 valence electrons. The molecule has 0 fully saturated rings. The zero-order valence-electron chi connectivity index (χ0n) is 30.4. The Morgan fingerprint density at radius 3 is 0.661 bits per heavy atom. The summed E-state index contributed by atoms with van der Waals surface area (Å²) >= 11 is 0. The zero-order chi connectivity index (χ0) is 40.3. The molecule has 0 heterocycles. The second-order valence-electron chi connectivity index (χ2n) is 12.4. The van der Waals surface area contributed by atoms with Crippen LogP contribution in [0.1, 0.15) is 41.4 Å². The first kappa shape index (κ1) is 38.1. The summed E-state index contributed by atoms with van der Waals surface area (Å²) in [7, 11) is 5.86. The molecule has 4 N–H and O–H groups in total. The number of benzene rings is 6. The summed E-state index contributed by atoms with van der Waals surface area (Å²) in [4.78, 5) is 47.1. The van der Waals surface area contributed by atoms with Gasteiger partial charge < -0.3 is 39.4 Å². The first-order valence-corrected chi connectivity index (χ1v) is 16.9. The van der Waals surface area contributed by atoms with Gasteiger partial charge in [0, 0.05) is 22.3 Å². The number of carbonyl (C=O) groups is 4. The number of carboxylic acid groups (broad SMARTS) is 4. The Hall–Kier alpha value is -7.60. The molecule has 0 saturated heterocycles. The van der Waals surface area contributed by atoms with Crippen LogP contribution < -0.4 is 18.9 Å². The predicted molar refractivity (Wildman–Crippen MR) is 208 cm³/mol. The molecule has 12 nitrogen and oxygen atoms in total. The van der Waals surface area contributed by atoms with Gasteiger partial charge in [0.05, 0.1) is 61.8 Å². The molecule has 0 spiro atoms. The summed E-state index contributed by atoms with van der Waals surface area (Å²) in [6.45, 7) is 0. The smallest absolute Gasteiger partial charge is 0.335 e. The molecule has 0 atom stereocenters. The van der Waals surface area contributed by atoms with E-state index in [9.17, 15) is 39.6 Å². The number of hydrogen-bond donors (Lipinski definition) is 4. The van der Waals surface area contributed by atoms with Crippen LogP contribution >= 0.6 is 0 Å². The minimum absolute atomic E-state index is 0.0643. The largest absolute Gasteiger partial charge is 0.495 e. The molecule has 0 amide bonds. The third-order valence-corrected chi connectivity index (χ3v) is 9.30. The van der Waals surface area contributed by atoms with E-state index in [-0.39, 0.29) is 45.3 Å². The van der Waals surface area contributed by atoms with Crippen molar-refractivity contribution in [2.24, 2.45) is 0 Å². The van der Waals surface area contributed by atoms with E-state index >= 15 is 0 Å². The molecule has 12 heteroatoms. The average molecular weight is 755 g/mol. The SMILES string of the molecule is COc1c(-c2ccc(C(=O)O)cc2)cc(-c2ccc(C(=O)O)cc2)c(OC)c1-c1c(OC)c(-c2ccc(C(=O)O)cc2)cc(-c2ccc(C(=O)O)cc2)c1OC. The number of carboxylic acids is 4. The minimum Gasteiger partial charge on any atom is -0.495 e. The second kappa shape index (κ2) is 15.8. The third-order valence-electron chi connectivity index (χ3n) is 9.30. The van der Waals surface area contributed by atoms with Crippen LogP contribution in [0.2, 0.25) is 0 Å². The maximum absolute atomic E-state index is 11.8. The Labute approximate surface area is 320 Å². The molecule has 0 aliphatic heterocycles. The lowest BCUT2D eigenvalue weighted by molar-refractivity contribution is 0.0686. The Morgan fingerprint density at radius 1 is 0.339 bits per heavy atom. The standard InChI is InChI=1S/C44H34O12/c1-53-37-31(23-5-13-27(14-6-23)41(45)46)21-32(24-7-15-28(16-8-24)42(47)48)38(54-2)35(37)36-39(55-3)33(25-9-17-29(18-10-25)43(49)50)22-34(40(36)56-4)26-11-19-30(20-12-26)44(51)52/h5-22H,1-4H3,(H,45,46)(H,47,48)(H,49,50)(H,51,52). The van der Waals surface area contributed by atoms with Crippen molar-refractivity contribution < 1.29 is 58.6 Å². The molecule has 0 aliphatic carbocycles. The van der Waals surface area contributed by atoms with Crippen LogP contribution in [0.15, 0.2) is 109 Å². The number of aromatic carboxylic acids is 4. The summed E-state index contributed by atoms with van der Waals surface area (Å²) in [6, 6.07) is 28.4. The molecule has 0 aliphatic rings. The van der Waals surface area contributed by atoms with Crippen LogP contribution in [0, 0.1) is 0 Å². The normalized spacial score (nSPS) is 10.7. The highest BCUT2D eigenvalue weighted by Crippen LogP contribution is 2.58. The maximum Gasteiger partial charge on any atom is 0.335 e. The average Bonchev–Trinajstić information content (AvgIpc) is 3.22. The monoisotopic (exact) mass is 754 g/mol. The van der Waals surface area contributed by atoms with E-state index in [0.29, 0.717) is 55.6 Å². The van der Waals surface area contributed by atoms with Gasteiger partial charge in [-0.25, -0.2) is 19.2 Å². The first-order valence-electron chi connectivity index (χ1n) is 16.9. The van der Waals surface area contributed by atoms with E-state index in [1.54, 1.807) is 60.7 Å². The van der Waals surface area contributed by atoms with E-state index in [0.717, 1.165) is 0 Å². The highest BCUT2D eigenvalue weighted by molar-refractivity contribution is 6.03. The maximum atomic E-state index is 11.8. The molecule has 6 aromatic carbocycles. The van der Waals surface area contributed by atoms with Crippen LogP contribution in [0.5, 0.6) is 23.0 Å². The molecule has 0 aromatic heterocycles. The van der Waals surface area contributed by atoms with Crippen molar-refractivity contribution in [3.05, 3.63) is 131 Å². The van der Waals surface area contributed by atoms with Gasteiger partial charge in [-0.3, -0.25) is 0 Å². The van der Waals surface area contributed by atoms with Gasteiger partial charge in [-0.05, 0) is 82.9 Å². The lowest BCUT2D eigenvalue weighted by Crippen LogP contribution is -2.04. The van der Waals surface area contributed by atoms with Crippen molar-refractivity contribution in [2.45, 2.75) is 0 Å². The number of rotatable bonds is 13. The molecule has 56 heavy (non-hydrogen) atoms. The molecule has 0 unspecified atom stereocenters. The van der Waals surface area contributed by atoms with E-state index in [1.807, 2.05) is 0 Å². The van der Waals surface area contributed by atoms with Crippen molar-refractivity contribution in [1.29, 1.82) is 0 Å². The van der Waals surface area contributed by atoms with Crippen LogP contribution in [0.3, 0.4) is 0 Å². The van der Waals surface area contributed by atoms with Gasteiger partial charge in [-0.1, -0.05) is 48.5 Å². The fraction of sp³-hybridized carbons (Fsp3) is 0.0909. The molecular weight excluding hydrogens is 720 g/mol. The Balaban J connectivity index is 1.80. The van der Waals surface area contributed by atoms with Crippen molar-refractivity contribution in [1.82, 2.24) is 0 Å². The van der Waals surface area contributed by atoms with Gasteiger partial charge >= 0.3 is 23.9 Å². The lowest BCUT2D eigenvalue weighted by Gasteiger charge is -2.26. The van der Waals surface area contributed by atoms with Gasteiger partial charge in [0.15, 0.2) is 0 Å². The van der Waals surface area contributed by atoms with Crippen LogP contribution in [0.4, 0.5) is 0 Å². The van der Waals surface area contributed by atoms with Crippen molar-refractivity contribution in [3.63, 3.8) is 0 Å². The van der Waals surface area contributed by atoms with Gasteiger partial charge in [-0.2, -0.15) is 0 Å². The summed E-state index contributed by atoms with van der Waals surface area (Å²) < 4.78 is 24.8. The molecule has 6 aromatic rings. The van der Waals surface area contributed by atoms with E-state index in [4.69, 9.17) is 18.9 Å².